The van der Waals surface area contributed by atoms with E-state index in [1.807, 2.05) is 18.2 Å². The molecule has 2 fully saturated rings. The van der Waals surface area contributed by atoms with Crippen LogP contribution in [-0.4, -0.2) is 30.8 Å². The minimum absolute atomic E-state index is 0.0452. The third kappa shape index (κ3) is 3.42. The molecule has 8 N–H and O–H groups in total. The summed E-state index contributed by atoms with van der Waals surface area (Å²) in [6, 6.07) is 10.7. The maximum Gasteiger partial charge on any atom is 0.262 e. The van der Waals surface area contributed by atoms with Crippen LogP contribution < -0.4 is 27.8 Å². The van der Waals surface area contributed by atoms with Crippen molar-refractivity contribution in [2.45, 2.75) is 55.6 Å². The van der Waals surface area contributed by atoms with Gasteiger partial charge in [-0.2, -0.15) is 0 Å². The predicted octanol–water partition coefficient (Wildman–Crippen LogP) is 3.02. The number of nitrogens with one attached hydrogen (secondary N) is 2. The molecular formula is C27H31N5O2S. The first-order valence-corrected chi connectivity index (χ1v) is 13.3. The number of thiophene rings is 1. The van der Waals surface area contributed by atoms with Crippen LogP contribution in [0.4, 0.5) is 5.69 Å². The Kier molecular flexibility index (Phi) is 5.45. The lowest BCUT2D eigenvalue weighted by Crippen LogP contribution is -2.52. The van der Waals surface area contributed by atoms with Crippen molar-refractivity contribution in [3.05, 3.63) is 63.5 Å². The van der Waals surface area contributed by atoms with Gasteiger partial charge in [-0.1, -0.05) is 36.8 Å². The summed E-state index contributed by atoms with van der Waals surface area (Å²) in [5, 5.41) is 7.19. The molecule has 3 aliphatic rings. The van der Waals surface area contributed by atoms with Crippen LogP contribution in [0.25, 0.3) is 10.1 Å². The largest absolute Gasteiger partial charge is 0.398 e. The molecule has 3 aromatic rings. The quantitative estimate of drug-likeness (QED) is 0.357. The number of carbonyl (C=O) groups excluding carboxylic acids is 2. The lowest BCUT2D eigenvalue weighted by Gasteiger charge is -2.37. The third-order valence-electron chi connectivity index (χ3n) is 8.07. The highest BCUT2D eigenvalue weighted by molar-refractivity contribution is 7.21. The van der Waals surface area contributed by atoms with Crippen LogP contribution >= 0.6 is 11.3 Å². The fourth-order valence-corrected chi connectivity index (χ4v) is 7.06. The third-order valence-corrected chi connectivity index (χ3v) is 9.32. The molecule has 2 aliphatic carbocycles. The normalized spacial score (nSPS) is 26.5. The Labute approximate surface area is 208 Å². The number of hydrogen-bond donors (Lipinski definition) is 5. The highest BCUT2D eigenvalue weighted by Gasteiger charge is 2.49. The maximum absolute atomic E-state index is 13.9. The average Bonchev–Trinajstić information content (AvgIpc) is 3.24. The molecule has 0 spiro atoms. The second-order valence-electron chi connectivity index (χ2n) is 10.2. The zero-order valence-corrected chi connectivity index (χ0v) is 20.4. The van der Waals surface area contributed by atoms with Crippen LogP contribution in [0.3, 0.4) is 0 Å². The van der Waals surface area contributed by atoms with Crippen molar-refractivity contribution in [2.75, 3.05) is 18.8 Å². The minimum atomic E-state index is -1.40. The molecule has 1 aromatic heterocycles. The van der Waals surface area contributed by atoms with E-state index in [-0.39, 0.29) is 17.7 Å². The number of carbonyl (C=O) groups is 2. The smallest absolute Gasteiger partial charge is 0.262 e. The van der Waals surface area contributed by atoms with Gasteiger partial charge in [-0.3, -0.25) is 9.59 Å². The average molecular weight is 490 g/mol. The lowest BCUT2D eigenvalue weighted by atomic mass is 9.69. The van der Waals surface area contributed by atoms with Gasteiger partial charge in [-0.25, -0.2) is 0 Å². The van der Waals surface area contributed by atoms with E-state index in [4.69, 9.17) is 17.2 Å². The number of piperidine rings is 1. The summed E-state index contributed by atoms with van der Waals surface area (Å²) in [5.41, 5.74) is 22.3. The van der Waals surface area contributed by atoms with Gasteiger partial charge in [0.15, 0.2) is 5.78 Å². The van der Waals surface area contributed by atoms with E-state index >= 15 is 0 Å². The monoisotopic (exact) mass is 489 g/mol. The molecule has 1 saturated heterocycles. The Morgan fingerprint density at radius 2 is 1.97 bits per heavy atom. The van der Waals surface area contributed by atoms with Crippen molar-refractivity contribution in [3.63, 3.8) is 0 Å². The molecule has 2 heterocycles. The number of amides is 1. The Balaban J connectivity index is 1.49. The number of hydrogen-bond acceptors (Lipinski definition) is 7. The molecule has 0 bridgehead atoms. The van der Waals surface area contributed by atoms with Crippen molar-refractivity contribution in [1.29, 1.82) is 0 Å². The molecule has 6 rings (SSSR count). The SMILES string of the molecule is Nc1ccc2c3c(c(C(=O)NC4CCCNC4)sc13)C(N)C(=O)C2(N)c1cccc(C2CCC2)c1. The predicted molar refractivity (Wildman–Crippen MR) is 140 cm³/mol. The summed E-state index contributed by atoms with van der Waals surface area (Å²) >= 11 is 1.30. The van der Waals surface area contributed by atoms with Crippen molar-refractivity contribution >= 4 is 38.8 Å². The van der Waals surface area contributed by atoms with E-state index in [1.54, 1.807) is 6.07 Å². The van der Waals surface area contributed by atoms with Crippen molar-refractivity contribution in [2.24, 2.45) is 11.5 Å². The molecule has 2 aromatic carbocycles. The zero-order valence-electron chi connectivity index (χ0n) is 19.6. The van der Waals surface area contributed by atoms with Gasteiger partial charge in [0.25, 0.3) is 5.91 Å². The first kappa shape index (κ1) is 22.7. The number of anilines is 1. The molecule has 35 heavy (non-hydrogen) atoms. The molecule has 3 atom stereocenters. The van der Waals surface area contributed by atoms with Crippen molar-refractivity contribution in [1.82, 2.24) is 10.6 Å². The Morgan fingerprint density at radius 1 is 1.14 bits per heavy atom. The van der Waals surface area contributed by atoms with Crippen LogP contribution in [0, 0.1) is 0 Å². The highest BCUT2D eigenvalue weighted by atomic mass is 32.1. The Morgan fingerprint density at radius 3 is 2.69 bits per heavy atom. The Hall–Kier alpha value is -2.78. The number of rotatable bonds is 4. The fourth-order valence-electron chi connectivity index (χ4n) is 5.85. The van der Waals surface area contributed by atoms with Gasteiger partial charge in [-0.15, -0.1) is 11.3 Å². The standard InChI is InChI=1S/C27H31N5O2S/c28-19-10-9-18-20-21(24(35-23(19)20)26(34)32-17-8-3-11-31-13-17)22(29)25(33)27(18,30)16-7-2-6-15(12-16)14-4-1-5-14/h2,6-7,9-10,12,14,17,22,31H,1,3-5,8,11,13,28-30H2,(H,32,34). The lowest BCUT2D eigenvalue weighted by molar-refractivity contribution is -0.124. The number of nitrogens with two attached hydrogens (primary N) is 3. The second kappa shape index (κ2) is 8.41. The summed E-state index contributed by atoms with van der Waals surface area (Å²) in [6.07, 6.45) is 5.47. The summed E-state index contributed by atoms with van der Waals surface area (Å²) in [6.45, 7) is 1.69. The molecule has 7 nitrogen and oxygen atoms in total. The molecule has 1 amide bonds. The summed E-state index contributed by atoms with van der Waals surface area (Å²) < 4.78 is 0.761. The summed E-state index contributed by atoms with van der Waals surface area (Å²) in [4.78, 5) is 27.8. The summed E-state index contributed by atoms with van der Waals surface area (Å²) in [5.74, 6) is 0.00672. The zero-order chi connectivity index (χ0) is 24.3. The van der Waals surface area contributed by atoms with E-state index in [1.165, 1.54) is 23.3 Å². The van der Waals surface area contributed by atoms with Crippen LogP contribution in [0.5, 0.6) is 0 Å². The van der Waals surface area contributed by atoms with E-state index in [2.05, 4.69) is 22.8 Å². The van der Waals surface area contributed by atoms with Crippen LogP contribution in [0.15, 0.2) is 36.4 Å². The Bertz CT molecular complexity index is 1340. The van der Waals surface area contributed by atoms with Gasteiger partial charge in [0.2, 0.25) is 0 Å². The molecule has 3 unspecified atom stereocenters. The van der Waals surface area contributed by atoms with E-state index < -0.39 is 11.6 Å². The first-order chi connectivity index (χ1) is 16.9. The molecule has 8 heteroatoms. The molecular weight excluding hydrogens is 458 g/mol. The first-order valence-electron chi connectivity index (χ1n) is 12.5. The van der Waals surface area contributed by atoms with Crippen molar-refractivity contribution < 1.29 is 9.59 Å². The minimum Gasteiger partial charge on any atom is -0.398 e. The molecule has 0 radical (unpaired) electrons. The summed E-state index contributed by atoms with van der Waals surface area (Å²) in [7, 11) is 0. The van der Waals surface area contributed by atoms with E-state index in [0.29, 0.717) is 27.6 Å². The van der Waals surface area contributed by atoms with Gasteiger partial charge in [-0.05, 0) is 60.9 Å². The van der Waals surface area contributed by atoms with Gasteiger partial charge >= 0.3 is 0 Å². The van der Waals surface area contributed by atoms with Gasteiger partial charge in [0.1, 0.15) is 5.54 Å². The molecule has 1 saturated carbocycles. The highest BCUT2D eigenvalue weighted by Crippen LogP contribution is 2.50. The fraction of sp³-hybridized carbons (Fsp3) is 0.407. The number of nitrogen functional groups attached to an aromatic ring is 1. The van der Waals surface area contributed by atoms with Gasteiger partial charge < -0.3 is 27.8 Å². The van der Waals surface area contributed by atoms with E-state index in [9.17, 15) is 9.59 Å². The topological polar surface area (TPSA) is 136 Å². The number of benzene rings is 2. The van der Waals surface area contributed by atoms with Gasteiger partial charge in [0.05, 0.1) is 15.6 Å². The molecule has 1 aliphatic heterocycles. The maximum atomic E-state index is 13.9. The van der Waals surface area contributed by atoms with Crippen LogP contribution in [-0.2, 0) is 10.3 Å². The van der Waals surface area contributed by atoms with Crippen molar-refractivity contribution in [3.8, 4) is 0 Å². The number of ketones is 1. The number of Topliss-reactive ketones (excluding diaryl/α,β-unsaturated/α-hetero) is 1. The van der Waals surface area contributed by atoms with Crippen LogP contribution in [0.1, 0.15) is 76.0 Å². The second-order valence-corrected chi connectivity index (χ2v) is 11.2. The van der Waals surface area contributed by atoms with E-state index in [0.717, 1.165) is 54.4 Å². The molecule has 182 valence electrons. The van der Waals surface area contributed by atoms with Gasteiger partial charge in [0, 0.05) is 29.2 Å². The van der Waals surface area contributed by atoms with Crippen LogP contribution in [0.2, 0.25) is 0 Å².